The monoisotopic (exact) mass is 861 g/mol. The molecule has 0 bridgehead atoms. The van der Waals surface area contributed by atoms with Gasteiger partial charge in [0, 0.05) is 0 Å². The Kier molecular flexibility index (Phi) is 82.2. The maximum absolute atomic E-state index is 2.39. The fraction of sp³-hybridized carbons (Fsp3) is 1.00. The van der Waals surface area contributed by atoms with E-state index in [9.17, 15) is 0 Å². The highest BCUT2D eigenvalue weighted by Crippen LogP contribution is 2.37. The van der Waals surface area contributed by atoms with Crippen LogP contribution in [0.15, 0.2) is 0 Å². The van der Waals surface area contributed by atoms with Gasteiger partial charge in [-0.15, -0.1) is 0 Å². The van der Waals surface area contributed by atoms with Crippen LogP contribution in [-0.4, -0.2) is 0 Å². The smallest absolute Gasteiger partial charge is 0.0354 e. The third kappa shape index (κ3) is 118. The highest BCUT2D eigenvalue weighted by molar-refractivity contribution is 4.76. The SMILES string of the molecule is CC.CC(C)C.CC(C)C(C)C.CC(C)C(C)C(C)C.CC1CCC(C)(C)CC1.CCC.CCC(C)(C)C.CCC(C)(C)CC.CCC(C)C.CCC(C)CC.CCCC. The van der Waals surface area contributed by atoms with Crippen molar-refractivity contribution in [1.29, 1.82) is 0 Å². The van der Waals surface area contributed by atoms with Crippen LogP contribution < -0.4 is 0 Å². The minimum atomic E-state index is 0.542. The van der Waals surface area contributed by atoms with Gasteiger partial charge in [0.05, 0.1) is 0 Å². The van der Waals surface area contributed by atoms with Gasteiger partial charge in [0.1, 0.15) is 0 Å². The van der Waals surface area contributed by atoms with E-state index in [4.69, 9.17) is 0 Å². The van der Waals surface area contributed by atoms with Crippen molar-refractivity contribution in [3.63, 3.8) is 0 Å². The van der Waals surface area contributed by atoms with E-state index < -0.39 is 0 Å². The molecular weight excluding hydrogens is 721 g/mol. The predicted octanol–water partition coefficient (Wildman–Crippen LogP) is 24.1. The summed E-state index contributed by atoms with van der Waals surface area (Å²) in [4.78, 5) is 0. The van der Waals surface area contributed by atoms with Crippen LogP contribution in [-0.2, 0) is 0 Å². The van der Waals surface area contributed by atoms with Crippen molar-refractivity contribution in [2.45, 2.75) is 326 Å². The van der Waals surface area contributed by atoms with Crippen molar-refractivity contribution in [1.82, 2.24) is 0 Å². The van der Waals surface area contributed by atoms with E-state index in [0.29, 0.717) is 16.2 Å². The van der Waals surface area contributed by atoms with Crippen molar-refractivity contribution >= 4 is 0 Å². The lowest BCUT2D eigenvalue weighted by Gasteiger charge is -2.32. The molecule has 0 radical (unpaired) electrons. The Morgan fingerprint density at radius 1 is 0.467 bits per heavy atom. The average molecular weight is 862 g/mol. The summed E-state index contributed by atoms with van der Waals surface area (Å²) in [7, 11) is 0. The third-order valence-electron chi connectivity index (χ3n) is 11.7. The number of hydrogen-bond acceptors (Lipinski definition) is 0. The molecule has 380 valence electrons. The average Bonchev–Trinajstić information content (AvgIpc) is 3.17. The predicted molar refractivity (Wildman–Crippen MR) is 297 cm³/mol. The van der Waals surface area contributed by atoms with Crippen molar-refractivity contribution in [3.05, 3.63) is 0 Å². The van der Waals surface area contributed by atoms with E-state index in [2.05, 4.69) is 228 Å². The summed E-state index contributed by atoms with van der Waals surface area (Å²) in [6.07, 6.45) is 17.5. The summed E-state index contributed by atoms with van der Waals surface area (Å²) in [5.74, 6) is 7.91. The van der Waals surface area contributed by atoms with Gasteiger partial charge in [-0.25, -0.2) is 0 Å². The van der Waals surface area contributed by atoms with Crippen LogP contribution >= 0.6 is 0 Å². The Hall–Kier alpha value is 0. The molecule has 0 aromatic rings. The number of rotatable bonds is 9. The molecule has 1 rings (SSSR count). The summed E-state index contributed by atoms with van der Waals surface area (Å²) in [5.41, 5.74) is 1.78. The molecule has 0 unspecified atom stereocenters. The highest BCUT2D eigenvalue weighted by Gasteiger charge is 2.24. The van der Waals surface area contributed by atoms with Crippen molar-refractivity contribution in [2.75, 3.05) is 0 Å². The summed E-state index contributed by atoms with van der Waals surface area (Å²) in [6.45, 7) is 78.1. The summed E-state index contributed by atoms with van der Waals surface area (Å²) in [5, 5.41) is 0. The van der Waals surface area contributed by atoms with Gasteiger partial charge in [-0.1, -0.05) is 313 Å². The van der Waals surface area contributed by atoms with Crippen LogP contribution in [0, 0.1) is 69.5 Å². The van der Waals surface area contributed by atoms with Crippen LogP contribution in [0.25, 0.3) is 0 Å². The van der Waals surface area contributed by atoms with Gasteiger partial charge >= 0.3 is 0 Å². The summed E-state index contributed by atoms with van der Waals surface area (Å²) in [6, 6.07) is 0. The minimum absolute atomic E-state index is 0.542. The molecule has 1 aliphatic rings. The van der Waals surface area contributed by atoms with E-state index in [-0.39, 0.29) is 0 Å². The second kappa shape index (κ2) is 59.0. The molecule has 0 N–H and O–H groups in total. The van der Waals surface area contributed by atoms with Gasteiger partial charge in [-0.3, -0.25) is 0 Å². The van der Waals surface area contributed by atoms with Gasteiger partial charge in [-0.05, 0) is 82.3 Å². The van der Waals surface area contributed by atoms with E-state index in [1.165, 1.54) is 83.5 Å². The molecule has 0 amide bonds. The van der Waals surface area contributed by atoms with E-state index in [1.54, 1.807) is 0 Å². The Morgan fingerprint density at radius 2 is 0.700 bits per heavy atom. The molecule has 60 heavy (non-hydrogen) atoms. The van der Waals surface area contributed by atoms with E-state index >= 15 is 0 Å². The van der Waals surface area contributed by atoms with Crippen LogP contribution in [0.1, 0.15) is 326 Å². The van der Waals surface area contributed by atoms with Crippen LogP contribution in [0.5, 0.6) is 0 Å². The lowest BCUT2D eigenvalue weighted by atomic mass is 9.74. The summed E-state index contributed by atoms with van der Waals surface area (Å²) < 4.78 is 0. The Balaban J connectivity index is -0.0000000584. The molecule has 1 fully saturated rings. The van der Waals surface area contributed by atoms with Crippen molar-refractivity contribution in [3.8, 4) is 0 Å². The largest absolute Gasteiger partial charge is 0.0683 e. The van der Waals surface area contributed by atoms with Crippen LogP contribution in [0.3, 0.4) is 0 Å². The Bertz CT molecular complexity index is 611. The normalized spacial score (nSPS) is 12.8. The fourth-order valence-corrected chi connectivity index (χ4v) is 2.85. The molecule has 0 aromatic heterocycles. The van der Waals surface area contributed by atoms with Gasteiger partial charge in [0.25, 0.3) is 0 Å². The second-order valence-electron chi connectivity index (χ2n) is 23.1. The van der Waals surface area contributed by atoms with Gasteiger partial charge in [0.15, 0.2) is 0 Å². The van der Waals surface area contributed by atoms with Crippen LogP contribution in [0.4, 0.5) is 0 Å². The quantitative estimate of drug-likeness (QED) is 0.217. The topological polar surface area (TPSA) is 0 Å². The molecule has 0 atom stereocenters. The van der Waals surface area contributed by atoms with E-state index in [0.717, 1.165) is 53.3 Å². The Morgan fingerprint density at radius 3 is 0.750 bits per heavy atom. The molecule has 0 aromatic carbocycles. The maximum Gasteiger partial charge on any atom is -0.0354 e. The molecule has 1 aliphatic carbocycles. The molecule has 0 heteroatoms. The summed E-state index contributed by atoms with van der Waals surface area (Å²) >= 11 is 0. The molecule has 1 saturated carbocycles. The molecule has 0 spiro atoms. The first-order valence-electron chi connectivity index (χ1n) is 27.1. The Labute approximate surface area is 393 Å². The van der Waals surface area contributed by atoms with E-state index in [1.807, 2.05) is 13.8 Å². The van der Waals surface area contributed by atoms with Crippen LogP contribution in [0.2, 0.25) is 0 Å². The molecular formula is C60H140. The fourth-order valence-electron chi connectivity index (χ4n) is 2.85. The third-order valence-corrected chi connectivity index (χ3v) is 11.7. The second-order valence-corrected chi connectivity index (χ2v) is 23.1. The van der Waals surface area contributed by atoms with Crippen molar-refractivity contribution < 1.29 is 0 Å². The molecule has 0 aliphatic heterocycles. The van der Waals surface area contributed by atoms with Crippen molar-refractivity contribution in [2.24, 2.45) is 69.5 Å². The molecule has 0 heterocycles. The van der Waals surface area contributed by atoms with Gasteiger partial charge in [0.2, 0.25) is 0 Å². The first kappa shape index (κ1) is 83.5. The van der Waals surface area contributed by atoms with Gasteiger partial charge in [-0.2, -0.15) is 0 Å². The van der Waals surface area contributed by atoms with Gasteiger partial charge < -0.3 is 0 Å². The minimum Gasteiger partial charge on any atom is -0.0683 e. The molecule has 0 nitrogen and oxygen atoms in total. The highest BCUT2D eigenvalue weighted by atomic mass is 14.3. The lowest BCUT2D eigenvalue weighted by molar-refractivity contribution is 0.201. The standard InChI is InChI=1S/C9H18.C8H18.C7H16.3C6H14.C5H12.2C4H10.C3H8.C2H6/c1-8-4-6-9(2,3)7-5-8;1-6(2)8(5)7(3)4;1-5-7(3,4)6-2;1-5-6(2,3)4;1-5(2)6(3)4;1-4-6(3)5-2;1-4-5(2)3;1-4(2)3;1-3-4-2;1-3-2;1-2/h8H,4-7H2,1-3H3;6-8H,1-5H3;5-6H2,1-4H3;5H2,1-4H3;5-6H,1-4H3;6H,4-5H2,1-3H3;5H,4H2,1-3H3;4H,1-3H3;3-4H2,1-2H3;3H2,1-2H3;1-2H3. The zero-order valence-electron chi connectivity index (χ0n) is 50.9. The maximum atomic E-state index is 2.39. The lowest BCUT2D eigenvalue weighted by Crippen LogP contribution is -2.19. The number of unbranched alkanes of at least 4 members (excludes halogenated alkanes) is 1. The first-order valence-corrected chi connectivity index (χ1v) is 27.1. The first-order chi connectivity index (χ1) is 27.1. The number of hydrogen-bond donors (Lipinski definition) is 0. The zero-order chi connectivity index (χ0) is 50.9. The zero-order valence-corrected chi connectivity index (χ0v) is 50.9. The molecule has 0 saturated heterocycles.